The normalized spacial score (nSPS) is 15.8. The number of hydrogen-bond acceptors (Lipinski definition) is 7. The second-order valence-corrected chi connectivity index (χ2v) is 7.97. The molecule has 1 aliphatic rings. The third-order valence-corrected chi connectivity index (χ3v) is 5.50. The van der Waals surface area contributed by atoms with Crippen LogP contribution in [0.5, 0.6) is 0 Å². The van der Waals surface area contributed by atoms with Crippen LogP contribution in [0, 0.1) is 5.41 Å². The van der Waals surface area contributed by atoms with Gasteiger partial charge in [0, 0.05) is 61.7 Å². The molecule has 3 N–H and O–H groups in total. The maximum atomic E-state index is 7.28. The van der Waals surface area contributed by atoms with Crippen molar-refractivity contribution in [3.05, 3.63) is 48.4 Å². The Morgan fingerprint density at radius 1 is 1.29 bits per heavy atom. The van der Waals surface area contributed by atoms with Crippen LogP contribution in [-0.4, -0.2) is 69.6 Å². The number of hydrogen-bond donors (Lipinski definition) is 2. The van der Waals surface area contributed by atoms with E-state index < -0.39 is 0 Å². The zero-order valence-corrected chi connectivity index (χ0v) is 18.0. The number of nitrogens with one attached hydrogen (secondary N) is 1. The molecule has 1 aliphatic heterocycles. The van der Waals surface area contributed by atoms with E-state index in [0.29, 0.717) is 24.0 Å². The van der Waals surface area contributed by atoms with Crippen molar-refractivity contribution in [1.29, 1.82) is 5.41 Å². The zero-order chi connectivity index (χ0) is 22.0. The van der Waals surface area contributed by atoms with Crippen molar-refractivity contribution in [1.82, 2.24) is 24.7 Å². The number of nitrogens with two attached hydrogens (primary N) is 1. The van der Waals surface area contributed by atoms with Crippen LogP contribution in [-0.2, 0) is 6.42 Å². The minimum atomic E-state index is 0.448. The molecule has 160 valence electrons. The molecule has 9 heteroatoms. The first-order valence-corrected chi connectivity index (χ1v) is 10.1. The van der Waals surface area contributed by atoms with Crippen LogP contribution >= 0.6 is 0 Å². The number of likely N-dealkylation sites (N-methyl/N-ethyl adjacent to an activating group) is 2. The maximum absolute atomic E-state index is 7.28. The molecule has 0 amide bonds. The molecule has 0 saturated carbocycles. The van der Waals surface area contributed by atoms with Crippen molar-refractivity contribution in [3.63, 3.8) is 0 Å². The van der Waals surface area contributed by atoms with Crippen molar-refractivity contribution in [2.45, 2.75) is 19.4 Å². The van der Waals surface area contributed by atoms with Crippen LogP contribution in [0.15, 0.2) is 53.1 Å². The molecule has 4 rings (SSSR count). The maximum Gasteiger partial charge on any atom is 0.148 e. The van der Waals surface area contributed by atoms with Gasteiger partial charge in [0.05, 0.1) is 23.5 Å². The van der Waals surface area contributed by atoms with Gasteiger partial charge < -0.3 is 16.2 Å². The molecule has 1 fully saturated rings. The average molecular weight is 418 g/mol. The van der Waals surface area contributed by atoms with E-state index in [4.69, 9.17) is 11.3 Å². The van der Waals surface area contributed by atoms with Gasteiger partial charge in [0.2, 0.25) is 0 Å². The third-order valence-electron chi connectivity index (χ3n) is 5.50. The van der Waals surface area contributed by atoms with E-state index in [0.717, 1.165) is 40.7 Å². The summed E-state index contributed by atoms with van der Waals surface area (Å²) in [5.74, 6) is 6.21. The lowest BCUT2D eigenvalue weighted by molar-refractivity contribution is 0.130. The standard InChI is InChI=1S/C22H27N9/c1-15(9-23)28-30(3)22(27-24)7-16-4-5-21-17(6-16)8-18(10-25-21)19-11-26-31(12-19)20-13-29(2)14-20/h4-6,8-12,20,23H,7,13-14,24H2,1-3H3/b23-9?,27-22-,28-15-. The van der Waals surface area contributed by atoms with E-state index in [1.807, 2.05) is 29.2 Å². The molecule has 3 heterocycles. The van der Waals surface area contributed by atoms with Gasteiger partial charge in [-0.25, -0.2) is 0 Å². The lowest BCUT2D eigenvalue weighted by atomic mass is 10.0. The highest BCUT2D eigenvalue weighted by atomic mass is 15.5. The van der Waals surface area contributed by atoms with Crippen molar-refractivity contribution < 1.29 is 0 Å². The number of amidine groups is 1. The third kappa shape index (κ3) is 4.46. The number of hydrazone groups is 2. The summed E-state index contributed by atoms with van der Waals surface area (Å²) in [6.07, 6.45) is 7.62. The van der Waals surface area contributed by atoms with E-state index >= 15 is 0 Å². The van der Waals surface area contributed by atoms with E-state index in [1.165, 1.54) is 6.21 Å². The summed E-state index contributed by atoms with van der Waals surface area (Å²) in [5.41, 5.74) is 4.66. The Kier molecular flexibility index (Phi) is 5.77. The minimum Gasteiger partial charge on any atom is -0.322 e. The topological polar surface area (TPSA) is 112 Å². The number of benzene rings is 1. The smallest absolute Gasteiger partial charge is 0.148 e. The van der Waals surface area contributed by atoms with Crippen molar-refractivity contribution in [3.8, 4) is 11.1 Å². The number of rotatable bonds is 6. The predicted molar refractivity (Wildman–Crippen MR) is 124 cm³/mol. The van der Waals surface area contributed by atoms with Gasteiger partial charge in [0.1, 0.15) is 5.84 Å². The molecule has 0 spiro atoms. The molecule has 0 bridgehead atoms. The van der Waals surface area contributed by atoms with Crippen LogP contribution in [0.3, 0.4) is 0 Å². The van der Waals surface area contributed by atoms with Gasteiger partial charge in [0.25, 0.3) is 0 Å². The van der Waals surface area contributed by atoms with Crippen LogP contribution in [0.4, 0.5) is 0 Å². The summed E-state index contributed by atoms with van der Waals surface area (Å²) in [6, 6.07) is 8.71. The summed E-state index contributed by atoms with van der Waals surface area (Å²) < 4.78 is 2.05. The molecular formula is C22H27N9. The average Bonchev–Trinajstić information content (AvgIpc) is 3.24. The van der Waals surface area contributed by atoms with Gasteiger partial charge >= 0.3 is 0 Å². The predicted octanol–water partition coefficient (Wildman–Crippen LogP) is 2.36. The molecule has 0 unspecified atom stereocenters. The summed E-state index contributed by atoms with van der Waals surface area (Å²) in [6.45, 7) is 3.82. The number of pyridine rings is 1. The molecule has 1 saturated heterocycles. The molecule has 0 radical (unpaired) electrons. The fourth-order valence-electron chi connectivity index (χ4n) is 3.72. The Morgan fingerprint density at radius 2 is 2.10 bits per heavy atom. The molecule has 31 heavy (non-hydrogen) atoms. The van der Waals surface area contributed by atoms with Gasteiger partial charge in [-0.05, 0) is 37.7 Å². The second kappa shape index (κ2) is 8.65. The quantitative estimate of drug-likeness (QED) is 0.277. The lowest BCUT2D eigenvalue weighted by Gasteiger charge is -2.36. The van der Waals surface area contributed by atoms with Gasteiger partial charge in [-0.3, -0.25) is 14.7 Å². The van der Waals surface area contributed by atoms with Gasteiger partial charge in [-0.2, -0.15) is 15.3 Å². The minimum absolute atomic E-state index is 0.448. The van der Waals surface area contributed by atoms with Crippen molar-refractivity contribution in [2.75, 3.05) is 27.2 Å². The molecule has 0 atom stereocenters. The Hall–Kier alpha value is -3.59. The highest BCUT2D eigenvalue weighted by molar-refractivity contribution is 6.28. The van der Waals surface area contributed by atoms with Gasteiger partial charge in [0.15, 0.2) is 0 Å². The number of likely N-dealkylation sites (tertiary alicyclic amines) is 1. The molecular weight excluding hydrogens is 390 g/mol. The largest absolute Gasteiger partial charge is 0.322 e. The summed E-state index contributed by atoms with van der Waals surface area (Å²) in [4.78, 5) is 6.90. The fraction of sp³-hybridized carbons (Fsp3) is 0.318. The molecule has 3 aromatic rings. The van der Waals surface area contributed by atoms with Crippen LogP contribution < -0.4 is 5.84 Å². The highest BCUT2D eigenvalue weighted by Crippen LogP contribution is 2.26. The number of aromatic nitrogens is 3. The number of nitrogens with zero attached hydrogens (tertiary/aromatic N) is 7. The van der Waals surface area contributed by atoms with E-state index in [2.05, 4.69) is 50.6 Å². The lowest BCUT2D eigenvalue weighted by Crippen LogP contribution is -2.45. The molecule has 2 aromatic heterocycles. The van der Waals surface area contributed by atoms with Gasteiger partial charge in [-0.15, -0.1) is 0 Å². The Balaban J connectivity index is 1.57. The summed E-state index contributed by atoms with van der Waals surface area (Å²) in [7, 11) is 3.89. The van der Waals surface area contributed by atoms with Crippen LogP contribution in [0.25, 0.3) is 22.0 Å². The number of fused-ring (bicyclic) bond motifs is 1. The highest BCUT2D eigenvalue weighted by Gasteiger charge is 2.25. The summed E-state index contributed by atoms with van der Waals surface area (Å²) >= 11 is 0. The Morgan fingerprint density at radius 3 is 2.81 bits per heavy atom. The van der Waals surface area contributed by atoms with E-state index in [9.17, 15) is 0 Å². The van der Waals surface area contributed by atoms with Crippen molar-refractivity contribution >= 4 is 28.7 Å². The molecule has 1 aromatic carbocycles. The first-order valence-electron chi connectivity index (χ1n) is 10.1. The second-order valence-electron chi connectivity index (χ2n) is 7.97. The van der Waals surface area contributed by atoms with Crippen molar-refractivity contribution in [2.24, 2.45) is 16.0 Å². The van der Waals surface area contributed by atoms with Gasteiger partial charge in [-0.1, -0.05) is 6.07 Å². The van der Waals surface area contributed by atoms with Crippen LogP contribution in [0.2, 0.25) is 0 Å². The first-order chi connectivity index (χ1) is 15.0. The van der Waals surface area contributed by atoms with Crippen LogP contribution in [0.1, 0.15) is 18.5 Å². The Bertz CT molecular complexity index is 1150. The summed E-state index contributed by atoms with van der Waals surface area (Å²) in [5, 5.41) is 22.6. The molecule has 0 aliphatic carbocycles. The van der Waals surface area contributed by atoms with E-state index in [1.54, 1.807) is 19.0 Å². The molecule has 9 nitrogen and oxygen atoms in total. The fourth-order valence-corrected chi connectivity index (χ4v) is 3.72. The Labute approximate surface area is 181 Å². The SMILES string of the molecule is C/C(C=N)=N/N(C)/C(Cc1ccc2ncc(-c3cnn(C4CN(C)C4)c3)cc2c1)=N\N. The first kappa shape index (κ1) is 20.7. The monoisotopic (exact) mass is 417 g/mol. The zero-order valence-electron chi connectivity index (χ0n) is 18.0. The van der Waals surface area contributed by atoms with E-state index in [-0.39, 0.29) is 0 Å².